The number of aliphatic carboxylic acids is 1. The maximum absolute atomic E-state index is 11.7. The molecule has 0 radical (unpaired) electrons. The molecule has 1 aromatic carbocycles. The second-order valence-corrected chi connectivity index (χ2v) is 3.93. The third-order valence-electron chi connectivity index (χ3n) is 2.75. The van der Waals surface area contributed by atoms with Gasteiger partial charge >= 0.3 is 5.97 Å². The van der Waals surface area contributed by atoms with E-state index < -0.39 is 17.8 Å². The molecule has 0 spiro atoms. The van der Waals surface area contributed by atoms with Gasteiger partial charge in [-0.2, -0.15) is 5.26 Å². The number of carboxylic acids is 1. The molecule has 2 rings (SSSR count). The standard InChI is InChI=1S/C12H10N2O3/c13-6-7-3-1-2-4-10(7)14-11(15)8-5-9(8)12(16)17/h1-4,8-9H,5H2,(H,14,15)(H,16,17). The highest BCUT2D eigenvalue weighted by molar-refractivity contribution is 5.98. The number of carboxylic acid groups (broad SMARTS) is 1. The molecular formula is C12H10N2O3. The summed E-state index contributed by atoms with van der Waals surface area (Å²) in [6.45, 7) is 0. The fourth-order valence-corrected chi connectivity index (χ4v) is 1.67. The SMILES string of the molecule is N#Cc1ccccc1NC(=O)C1CC1C(=O)O. The molecule has 0 aromatic heterocycles. The molecular weight excluding hydrogens is 220 g/mol. The Kier molecular flexibility index (Phi) is 2.79. The van der Waals surface area contributed by atoms with Crippen molar-refractivity contribution in [2.45, 2.75) is 6.42 Å². The van der Waals surface area contributed by atoms with E-state index in [4.69, 9.17) is 10.4 Å². The van der Waals surface area contributed by atoms with Gasteiger partial charge in [0.2, 0.25) is 5.91 Å². The highest BCUT2D eigenvalue weighted by Crippen LogP contribution is 2.39. The number of rotatable bonds is 3. The Bertz CT molecular complexity index is 519. The molecule has 5 heteroatoms. The number of carbonyl (C=O) groups is 2. The second kappa shape index (κ2) is 4.26. The average molecular weight is 230 g/mol. The molecule has 1 fully saturated rings. The molecule has 1 aliphatic carbocycles. The first-order valence-corrected chi connectivity index (χ1v) is 5.16. The van der Waals surface area contributed by atoms with Gasteiger partial charge in [0.25, 0.3) is 0 Å². The van der Waals surface area contributed by atoms with E-state index in [-0.39, 0.29) is 5.91 Å². The Labute approximate surface area is 97.7 Å². The molecule has 2 N–H and O–H groups in total. The Morgan fingerprint density at radius 3 is 2.65 bits per heavy atom. The Morgan fingerprint density at radius 2 is 2.06 bits per heavy atom. The average Bonchev–Trinajstić information content (AvgIpc) is 3.09. The molecule has 0 saturated heterocycles. The summed E-state index contributed by atoms with van der Waals surface area (Å²) in [6.07, 6.45) is 0.371. The maximum atomic E-state index is 11.7. The third kappa shape index (κ3) is 2.26. The number of nitriles is 1. The molecule has 1 aliphatic rings. The predicted molar refractivity (Wildman–Crippen MR) is 59.0 cm³/mol. The number of anilines is 1. The second-order valence-electron chi connectivity index (χ2n) is 3.93. The van der Waals surface area contributed by atoms with E-state index >= 15 is 0 Å². The van der Waals surface area contributed by atoms with Crippen LogP contribution in [0.15, 0.2) is 24.3 Å². The number of hydrogen-bond acceptors (Lipinski definition) is 3. The lowest BCUT2D eigenvalue weighted by molar-refractivity contribution is -0.139. The lowest BCUT2D eigenvalue weighted by atomic mass is 10.2. The summed E-state index contributed by atoms with van der Waals surface area (Å²) >= 11 is 0. The summed E-state index contributed by atoms with van der Waals surface area (Å²) in [4.78, 5) is 22.3. The van der Waals surface area contributed by atoms with Crippen molar-refractivity contribution in [3.63, 3.8) is 0 Å². The molecule has 5 nitrogen and oxygen atoms in total. The van der Waals surface area contributed by atoms with Crippen molar-refractivity contribution >= 4 is 17.6 Å². The summed E-state index contributed by atoms with van der Waals surface area (Å²) in [5.74, 6) is -2.33. The van der Waals surface area contributed by atoms with Crippen molar-refractivity contribution in [2.75, 3.05) is 5.32 Å². The Hall–Kier alpha value is -2.35. The number of hydrogen-bond donors (Lipinski definition) is 2. The highest BCUT2D eigenvalue weighted by atomic mass is 16.4. The topological polar surface area (TPSA) is 90.2 Å². The van der Waals surface area contributed by atoms with Crippen LogP contribution in [-0.4, -0.2) is 17.0 Å². The van der Waals surface area contributed by atoms with Gasteiger partial charge in [0.15, 0.2) is 0 Å². The minimum Gasteiger partial charge on any atom is -0.481 e. The van der Waals surface area contributed by atoms with Crippen LogP contribution in [-0.2, 0) is 9.59 Å². The van der Waals surface area contributed by atoms with E-state index in [1.807, 2.05) is 6.07 Å². The van der Waals surface area contributed by atoms with Gasteiger partial charge in [-0.15, -0.1) is 0 Å². The van der Waals surface area contributed by atoms with E-state index in [0.717, 1.165) is 0 Å². The molecule has 17 heavy (non-hydrogen) atoms. The van der Waals surface area contributed by atoms with Crippen LogP contribution in [0.5, 0.6) is 0 Å². The summed E-state index contributed by atoms with van der Waals surface area (Å²) in [5, 5.41) is 20.1. The van der Waals surface area contributed by atoms with Crippen molar-refractivity contribution in [1.29, 1.82) is 5.26 Å². The number of benzene rings is 1. The summed E-state index contributed by atoms with van der Waals surface area (Å²) in [6, 6.07) is 8.58. The zero-order valence-electron chi connectivity index (χ0n) is 8.88. The van der Waals surface area contributed by atoms with Crippen LogP contribution in [0.25, 0.3) is 0 Å². The normalized spacial score (nSPS) is 21.4. The molecule has 2 unspecified atom stereocenters. The number of nitrogens with one attached hydrogen (secondary N) is 1. The number of nitrogens with zero attached hydrogens (tertiary/aromatic N) is 1. The van der Waals surface area contributed by atoms with E-state index in [0.29, 0.717) is 17.7 Å². The fraction of sp³-hybridized carbons (Fsp3) is 0.250. The van der Waals surface area contributed by atoms with Crippen molar-refractivity contribution in [1.82, 2.24) is 0 Å². The minimum atomic E-state index is -0.946. The molecule has 1 aromatic rings. The van der Waals surface area contributed by atoms with Gasteiger partial charge < -0.3 is 10.4 Å². The molecule has 2 atom stereocenters. The molecule has 0 bridgehead atoms. The van der Waals surface area contributed by atoms with Crippen molar-refractivity contribution in [3.05, 3.63) is 29.8 Å². The zero-order chi connectivity index (χ0) is 12.4. The largest absolute Gasteiger partial charge is 0.481 e. The Balaban J connectivity index is 2.05. The van der Waals surface area contributed by atoms with Crippen LogP contribution in [0.1, 0.15) is 12.0 Å². The molecule has 0 aliphatic heterocycles. The zero-order valence-corrected chi connectivity index (χ0v) is 8.88. The van der Waals surface area contributed by atoms with Gasteiger partial charge in [-0.25, -0.2) is 0 Å². The monoisotopic (exact) mass is 230 g/mol. The van der Waals surface area contributed by atoms with Gasteiger partial charge in [-0.05, 0) is 18.6 Å². The maximum Gasteiger partial charge on any atom is 0.307 e. The van der Waals surface area contributed by atoms with Crippen LogP contribution < -0.4 is 5.32 Å². The van der Waals surface area contributed by atoms with E-state index in [1.54, 1.807) is 24.3 Å². The van der Waals surface area contributed by atoms with Gasteiger partial charge in [0.1, 0.15) is 6.07 Å². The van der Waals surface area contributed by atoms with Gasteiger partial charge in [-0.3, -0.25) is 9.59 Å². The van der Waals surface area contributed by atoms with Crippen LogP contribution in [0.2, 0.25) is 0 Å². The Morgan fingerprint density at radius 1 is 1.35 bits per heavy atom. The molecule has 86 valence electrons. The first kappa shape index (κ1) is 11.1. The van der Waals surface area contributed by atoms with Gasteiger partial charge in [-0.1, -0.05) is 12.1 Å². The minimum absolute atomic E-state index is 0.333. The molecule has 1 amide bonds. The van der Waals surface area contributed by atoms with E-state index in [9.17, 15) is 9.59 Å². The number of amides is 1. The quantitative estimate of drug-likeness (QED) is 0.816. The fourth-order valence-electron chi connectivity index (χ4n) is 1.67. The van der Waals surface area contributed by atoms with Crippen molar-refractivity contribution < 1.29 is 14.7 Å². The number of para-hydroxylation sites is 1. The van der Waals surface area contributed by atoms with Crippen molar-refractivity contribution in [3.8, 4) is 6.07 Å². The van der Waals surface area contributed by atoms with Gasteiger partial charge in [0.05, 0.1) is 23.1 Å². The summed E-state index contributed by atoms with van der Waals surface area (Å²) < 4.78 is 0. The lowest BCUT2D eigenvalue weighted by Gasteiger charge is -2.05. The highest BCUT2D eigenvalue weighted by Gasteiger charge is 2.48. The van der Waals surface area contributed by atoms with Gasteiger partial charge in [0, 0.05) is 0 Å². The first-order chi connectivity index (χ1) is 8.13. The van der Waals surface area contributed by atoms with Crippen LogP contribution in [0.4, 0.5) is 5.69 Å². The van der Waals surface area contributed by atoms with E-state index in [2.05, 4.69) is 5.32 Å². The van der Waals surface area contributed by atoms with E-state index in [1.165, 1.54) is 0 Å². The van der Waals surface area contributed by atoms with Crippen LogP contribution in [0, 0.1) is 23.2 Å². The van der Waals surface area contributed by atoms with Crippen molar-refractivity contribution in [2.24, 2.45) is 11.8 Å². The van der Waals surface area contributed by atoms with Crippen LogP contribution >= 0.6 is 0 Å². The first-order valence-electron chi connectivity index (χ1n) is 5.16. The lowest BCUT2D eigenvalue weighted by Crippen LogP contribution is -2.17. The summed E-state index contributed by atoms with van der Waals surface area (Å²) in [7, 11) is 0. The smallest absolute Gasteiger partial charge is 0.307 e. The molecule has 1 saturated carbocycles. The number of carbonyl (C=O) groups excluding carboxylic acids is 1. The summed E-state index contributed by atoms with van der Waals surface area (Å²) in [5.41, 5.74) is 0.796. The predicted octanol–water partition coefficient (Wildman–Crippen LogP) is 1.22. The van der Waals surface area contributed by atoms with Crippen LogP contribution in [0.3, 0.4) is 0 Å². The third-order valence-corrected chi connectivity index (χ3v) is 2.75. The molecule has 0 heterocycles.